The number of aryl methyl sites for hydroxylation is 1. The molecule has 0 unspecified atom stereocenters. The summed E-state index contributed by atoms with van der Waals surface area (Å²) in [5.41, 5.74) is 1.33. The molecule has 2 aromatic rings. The standard InChI is InChI=1S/C14H14N4O3/c1-9-8-10(6-7-16-9)17-14(19)11-4-3-5-12(15-2)13(11)18(20)21/h3-8,15H,1-2H3,(H,16,17,19). The molecule has 0 radical (unpaired) electrons. The summed E-state index contributed by atoms with van der Waals surface area (Å²) in [6.45, 7) is 1.79. The van der Waals surface area contributed by atoms with E-state index in [4.69, 9.17) is 0 Å². The summed E-state index contributed by atoms with van der Waals surface area (Å²) in [5.74, 6) is -0.538. The van der Waals surface area contributed by atoms with E-state index in [-0.39, 0.29) is 11.3 Å². The van der Waals surface area contributed by atoms with Gasteiger partial charge in [-0.3, -0.25) is 19.9 Å². The number of nitro benzene ring substituents is 1. The molecule has 0 aliphatic carbocycles. The van der Waals surface area contributed by atoms with Crippen LogP contribution in [0.15, 0.2) is 36.5 Å². The third kappa shape index (κ3) is 3.14. The lowest BCUT2D eigenvalue weighted by molar-refractivity contribution is -0.384. The van der Waals surface area contributed by atoms with Crippen LogP contribution in [0.3, 0.4) is 0 Å². The number of amides is 1. The van der Waals surface area contributed by atoms with Crippen molar-refractivity contribution in [1.29, 1.82) is 0 Å². The molecule has 0 aliphatic rings. The maximum absolute atomic E-state index is 12.3. The summed E-state index contributed by atoms with van der Waals surface area (Å²) >= 11 is 0. The first-order valence-corrected chi connectivity index (χ1v) is 6.22. The number of rotatable bonds is 4. The van der Waals surface area contributed by atoms with Crippen LogP contribution in [-0.2, 0) is 0 Å². The van der Waals surface area contributed by atoms with Crippen LogP contribution in [-0.4, -0.2) is 22.9 Å². The highest BCUT2D eigenvalue weighted by molar-refractivity contribution is 6.08. The Morgan fingerprint density at radius 1 is 1.33 bits per heavy atom. The summed E-state index contributed by atoms with van der Waals surface area (Å²) in [6.07, 6.45) is 1.56. The van der Waals surface area contributed by atoms with Crippen LogP contribution in [0, 0.1) is 17.0 Å². The minimum atomic E-state index is -0.571. The van der Waals surface area contributed by atoms with Crippen LogP contribution in [0.25, 0.3) is 0 Å². The zero-order valence-corrected chi connectivity index (χ0v) is 11.6. The molecule has 21 heavy (non-hydrogen) atoms. The Kier molecular flexibility index (Phi) is 4.13. The second-order valence-electron chi connectivity index (χ2n) is 4.35. The third-order valence-corrected chi connectivity index (χ3v) is 2.89. The Balaban J connectivity index is 2.37. The molecule has 1 aromatic carbocycles. The van der Waals surface area contributed by atoms with Crippen LogP contribution in [0.2, 0.25) is 0 Å². The highest BCUT2D eigenvalue weighted by atomic mass is 16.6. The van der Waals surface area contributed by atoms with Crippen molar-refractivity contribution in [2.45, 2.75) is 6.92 Å². The van der Waals surface area contributed by atoms with Gasteiger partial charge in [0.15, 0.2) is 0 Å². The van der Waals surface area contributed by atoms with E-state index in [0.717, 1.165) is 5.69 Å². The number of nitrogens with one attached hydrogen (secondary N) is 2. The number of nitro groups is 1. The molecule has 2 N–H and O–H groups in total. The number of aromatic nitrogens is 1. The first-order chi connectivity index (χ1) is 10.0. The summed E-state index contributed by atoms with van der Waals surface area (Å²) in [5, 5.41) is 16.5. The van der Waals surface area contributed by atoms with Crippen molar-refractivity contribution in [2.24, 2.45) is 0 Å². The van der Waals surface area contributed by atoms with Crippen LogP contribution in [0.4, 0.5) is 17.1 Å². The molecule has 2 rings (SSSR count). The molecule has 0 atom stereocenters. The van der Waals surface area contributed by atoms with Gasteiger partial charge in [0.1, 0.15) is 11.3 Å². The molecular weight excluding hydrogens is 272 g/mol. The van der Waals surface area contributed by atoms with E-state index in [0.29, 0.717) is 11.4 Å². The van der Waals surface area contributed by atoms with Crippen molar-refractivity contribution >= 4 is 23.0 Å². The zero-order chi connectivity index (χ0) is 15.4. The molecule has 0 saturated carbocycles. The fourth-order valence-electron chi connectivity index (χ4n) is 1.95. The number of anilines is 2. The number of carbonyl (C=O) groups excluding carboxylic acids is 1. The minimum Gasteiger partial charge on any atom is -0.383 e. The molecule has 0 saturated heterocycles. The number of para-hydroxylation sites is 1. The van der Waals surface area contributed by atoms with Crippen molar-refractivity contribution in [3.8, 4) is 0 Å². The van der Waals surface area contributed by atoms with Crippen LogP contribution in [0.1, 0.15) is 16.1 Å². The molecule has 0 fully saturated rings. The number of hydrogen-bond donors (Lipinski definition) is 2. The van der Waals surface area contributed by atoms with Gasteiger partial charge in [-0.1, -0.05) is 6.07 Å². The van der Waals surface area contributed by atoms with Gasteiger partial charge in [-0.15, -0.1) is 0 Å². The highest BCUT2D eigenvalue weighted by Gasteiger charge is 2.23. The molecule has 0 bridgehead atoms. The number of pyridine rings is 1. The first-order valence-electron chi connectivity index (χ1n) is 6.22. The topological polar surface area (TPSA) is 97.2 Å². The van der Waals surface area contributed by atoms with E-state index in [1.165, 1.54) is 6.07 Å². The van der Waals surface area contributed by atoms with Crippen LogP contribution in [0.5, 0.6) is 0 Å². The summed E-state index contributed by atoms with van der Waals surface area (Å²) in [6, 6.07) is 7.86. The van der Waals surface area contributed by atoms with Gasteiger partial charge in [0.2, 0.25) is 0 Å². The largest absolute Gasteiger partial charge is 0.383 e. The lowest BCUT2D eigenvalue weighted by Gasteiger charge is -2.08. The fraction of sp³-hybridized carbons (Fsp3) is 0.143. The second-order valence-corrected chi connectivity index (χ2v) is 4.35. The van der Waals surface area contributed by atoms with Crippen molar-refractivity contribution < 1.29 is 9.72 Å². The quantitative estimate of drug-likeness (QED) is 0.665. The fourth-order valence-corrected chi connectivity index (χ4v) is 1.95. The molecule has 0 aliphatic heterocycles. The predicted molar refractivity (Wildman–Crippen MR) is 79.6 cm³/mol. The van der Waals surface area contributed by atoms with Gasteiger partial charge in [0.25, 0.3) is 5.91 Å². The van der Waals surface area contributed by atoms with Gasteiger partial charge in [0.05, 0.1) is 4.92 Å². The number of nitrogens with zero attached hydrogens (tertiary/aromatic N) is 2. The molecule has 1 amide bonds. The van der Waals surface area contributed by atoms with Crippen molar-refractivity contribution in [3.05, 3.63) is 57.9 Å². The SMILES string of the molecule is CNc1cccc(C(=O)Nc2ccnc(C)c2)c1[N+](=O)[O-]. The highest BCUT2D eigenvalue weighted by Crippen LogP contribution is 2.28. The Bertz CT molecular complexity index is 700. The summed E-state index contributed by atoms with van der Waals surface area (Å²) < 4.78 is 0. The predicted octanol–water partition coefficient (Wildman–Crippen LogP) is 2.59. The lowest BCUT2D eigenvalue weighted by atomic mass is 10.1. The molecule has 0 spiro atoms. The first kappa shape index (κ1) is 14.4. The molecule has 7 heteroatoms. The second kappa shape index (κ2) is 6.00. The van der Waals surface area contributed by atoms with Crippen LogP contribution < -0.4 is 10.6 Å². The monoisotopic (exact) mass is 286 g/mol. The smallest absolute Gasteiger partial charge is 0.305 e. The molecule has 7 nitrogen and oxygen atoms in total. The van der Waals surface area contributed by atoms with Gasteiger partial charge in [0, 0.05) is 24.6 Å². The van der Waals surface area contributed by atoms with Crippen molar-refractivity contribution in [2.75, 3.05) is 17.7 Å². The Morgan fingerprint density at radius 3 is 2.71 bits per heavy atom. The minimum absolute atomic E-state index is 0.00122. The van der Waals surface area contributed by atoms with Gasteiger partial charge in [-0.05, 0) is 31.2 Å². The average Bonchev–Trinajstić information content (AvgIpc) is 2.46. The Morgan fingerprint density at radius 2 is 2.10 bits per heavy atom. The molecular formula is C14H14N4O3. The van der Waals surface area contributed by atoms with E-state index in [9.17, 15) is 14.9 Å². The zero-order valence-electron chi connectivity index (χ0n) is 11.6. The normalized spacial score (nSPS) is 10.0. The molecule has 108 valence electrons. The van der Waals surface area contributed by atoms with E-state index >= 15 is 0 Å². The van der Waals surface area contributed by atoms with E-state index in [1.54, 1.807) is 44.4 Å². The number of benzene rings is 1. The van der Waals surface area contributed by atoms with Crippen LogP contribution >= 0.6 is 0 Å². The molecule has 1 heterocycles. The summed E-state index contributed by atoms with van der Waals surface area (Å²) in [7, 11) is 1.57. The van der Waals surface area contributed by atoms with Crippen molar-refractivity contribution in [1.82, 2.24) is 4.98 Å². The number of carbonyl (C=O) groups is 1. The maximum atomic E-state index is 12.3. The molecule has 1 aromatic heterocycles. The average molecular weight is 286 g/mol. The van der Waals surface area contributed by atoms with E-state index in [2.05, 4.69) is 15.6 Å². The third-order valence-electron chi connectivity index (χ3n) is 2.89. The van der Waals surface area contributed by atoms with Gasteiger partial charge in [-0.25, -0.2) is 0 Å². The summed E-state index contributed by atoms with van der Waals surface area (Å²) in [4.78, 5) is 26.9. The van der Waals surface area contributed by atoms with Gasteiger partial charge >= 0.3 is 5.69 Å². The number of hydrogen-bond acceptors (Lipinski definition) is 5. The Hall–Kier alpha value is -2.96. The lowest BCUT2D eigenvalue weighted by Crippen LogP contribution is -2.15. The van der Waals surface area contributed by atoms with Crippen molar-refractivity contribution in [3.63, 3.8) is 0 Å². The van der Waals surface area contributed by atoms with Gasteiger partial charge < -0.3 is 10.6 Å². The van der Waals surface area contributed by atoms with E-state index in [1.807, 2.05) is 0 Å². The van der Waals surface area contributed by atoms with Gasteiger partial charge in [-0.2, -0.15) is 0 Å². The van der Waals surface area contributed by atoms with E-state index < -0.39 is 10.8 Å². The Labute approximate surface area is 121 Å². The maximum Gasteiger partial charge on any atom is 0.305 e.